The van der Waals surface area contributed by atoms with E-state index in [0.29, 0.717) is 30.3 Å². The first-order valence-corrected chi connectivity index (χ1v) is 5.97. The average molecular weight is 260 g/mol. The molecule has 92 valence electrons. The predicted molar refractivity (Wildman–Crippen MR) is 61.8 cm³/mol. The molecule has 0 saturated carbocycles. The Labute approximate surface area is 103 Å². The number of ether oxygens (including phenoxy) is 1. The van der Waals surface area contributed by atoms with Crippen LogP contribution in [0.3, 0.4) is 0 Å². The summed E-state index contributed by atoms with van der Waals surface area (Å²) in [7, 11) is 0. The minimum atomic E-state index is -1.00. The van der Waals surface area contributed by atoms with Gasteiger partial charge in [0.05, 0.1) is 23.9 Å². The van der Waals surface area contributed by atoms with Crippen LogP contribution in [0.2, 0.25) is 5.02 Å². The highest BCUT2D eigenvalue weighted by Crippen LogP contribution is 2.41. The maximum Gasteiger partial charge on any atom is 0.149 e. The fraction of sp³-hybridized carbons (Fsp3) is 0.500. The number of epoxide rings is 1. The molecule has 5 heteroatoms. The minimum Gasteiger partial charge on any atom is -0.367 e. The van der Waals surface area contributed by atoms with Crippen LogP contribution < -0.4 is 4.90 Å². The number of rotatable bonds is 1. The van der Waals surface area contributed by atoms with E-state index in [2.05, 4.69) is 0 Å². The molecule has 3 rings (SSSR count). The number of nitrogens with zero attached hydrogens (tertiary/aromatic N) is 1. The van der Waals surface area contributed by atoms with Gasteiger partial charge in [0.2, 0.25) is 0 Å². The second kappa shape index (κ2) is 3.82. The Hall–Kier alpha value is -0.870. The molecule has 2 fully saturated rings. The van der Waals surface area contributed by atoms with Gasteiger partial charge in [-0.2, -0.15) is 0 Å². The summed E-state index contributed by atoms with van der Waals surface area (Å²) in [5.41, 5.74) is 0.148. The molecule has 2 atom stereocenters. The third kappa shape index (κ3) is 1.89. The van der Waals surface area contributed by atoms with Crippen LogP contribution in [0.1, 0.15) is 6.42 Å². The van der Waals surface area contributed by atoms with Crippen LogP contribution in [0.4, 0.5) is 14.5 Å². The maximum atomic E-state index is 13.9. The first-order valence-electron chi connectivity index (χ1n) is 5.59. The van der Waals surface area contributed by atoms with Gasteiger partial charge in [-0.3, -0.25) is 0 Å². The molecule has 0 amide bonds. The van der Waals surface area contributed by atoms with Crippen molar-refractivity contribution in [3.63, 3.8) is 0 Å². The quantitative estimate of drug-likeness (QED) is 0.721. The lowest BCUT2D eigenvalue weighted by Crippen LogP contribution is -2.47. The Morgan fingerprint density at radius 2 is 2.24 bits per heavy atom. The summed E-state index contributed by atoms with van der Waals surface area (Å²) in [6.45, 7) is 1.45. The minimum absolute atomic E-state index is 0.255. The van der Waals surface area contributed by atoms with E-state index in [9.17, 15) is 8.78 Å². The van der Waals surface area contributed by atoms with Crippen molar-refractivity contribution in [2.24, 2.45) is 0 Å². The molecule has 1 spiro atoms. The molecule has 17 heavy (non-hydrogen) atoms. The van der Waals surface area contributed by atoms with Gasteiger partial charge in [0.25, 0.3) is 0 Å². The molecule has 0 N–H and O–H groups in total. The summed E-state index contributed by atoms with van der Waals surface area (Å²) >= 11 is 5.96. The molecule has 2 nitrogen and oxygen atoms in total. The highest BCUT2D eigenvalue weighted by molar-refractivity contribution is 6.33. The number of benzene rings is 1. The molecule has 2 aliphatic rings. The van der Waals surface area contributed by atoms with Crippen LogP contribution in [-0.4, -0.2) is 31.5 Å². The zero-order valence-corrected chi connectivity index (χ0v) is 9.88. The van der Waals surface area contributed by atoms with E-state index < -0.39 is 11.8 Å². The molecule has 1 aromatic carbocycles. The zero-order valence-electron chi connectivity index (χ0n) is 9.13. The maximum absolute atomic E-state index is 13.9. The number of hydrogen-bond donors (Lipinski definition) is 0. The smallest absolute Gasteiger partial charge is 0.149 e. The van der Waals surface area contributed by atoms with Crippen LogP contribution in [0, 0.1) is 5.82 Å². The Balaban J connectivity index is 1.81. The second-order valence-electron chi connectivity index (χ2n) is 4.61. The van der Waals surface area contributed by atoms with Crippen molar-refractivity contribution in [2.75, 3.05) is 24.6 Å². The van der Waals surface area contributed by atoms with Gasteiger partial charge in [0.15, 0.2) is 0 Å². The summed E-state index contributed by atoms with van der Waals surface area (Å²) in [4.78, 5) is 1.85. The molecular weight excluding hydrogens is 248 g/mol. The highest BCUT2D eigenvalue weighted by Gasteiger charge is 2.55. The monoisotopic (exact) mass is 259 g/mol. The summed E-state index contributed by atoms with van der Waals surface area (Å²) in [6.07, 6.45) is -0.348. The number of halogens is 3. The lowest BCUT2D eigenvalue weighted by Gasteiger charge is -2.35. The Bertz CT molecular complexity index is 450. The summed E-state index contributed by atoms with van der Waals surface area (Å²) in [5.74, 6) is -0.380. The molecule has 1 aromatic rings. The zero-order chi connectivity index (χ0) is 12.0. The fourth-order valence-corrected chi connectivity index (χ4v) is 2.59. The first-order chi connectivity index (χ1) is 8.11. The van der Waals surface area contributed by atoms with E-state index >= 15 is 0 Å². The van der Waals surface area contributed by atoms with E-state index in [4.69, 9.17) is 16.3 Å². The van der Waals surface area contributed by atoms with Crippen molar-refractivity contribution in [2.45, 2.75) is 18.2 Å². The number of piperidine rings is 1. The van der Waals surface area contributed by atoms with Crippen molar-refractivity contribution < 1.29 is 13.5 Å². The molecule has 2 heterocycles. The fourth-order valence-electron chi connectivity index (χ4n) is 2.31. The van der Waals surface area contributed by atoms with Gasteiger partial charge in [-0.1, -0.05) is 11.6 Å². The van der Waals surface area contributed by atoms with Crippen LogP contribution in [0.25, 0.3) is 0 Å². The molecule has 2 saturated heterocycles. The molecule has 0 aromatic heterocycles. The SMILES string of the molecule is Fc1ccc(N2CCC3(CO3)C(F)C2)c(Cl)c1. The normalized spacial score (nSPS) is 31.9. The van der Waals surface area contributed by atoms with E-state index in [0.717, 1.165) is 0 Å². The third-order valence-electron chi connectivity index (χ3n) is 3.52. The summed E-state index contributed by atoms with van der Waals surface area (Å²) in [6, 6.07) is 4.19. The van der Waals surface area contributed by atoms with E-state index in [-0.39, 0.29) is 12.4 Å². The van der Waals surface area contributed by atoms with Crippen molar-refractivity contribution in [3.05, 3.63) is 29.0 Å². The van der Waals surface area contributed by atoms with Crippen LogP contribution in [0.5, 0.6) is 0 Å². The van der Waals surface area contributed by atoms with Gasteiger partial charge in [0.1, 0.15) is 17.6 Å². The van der Waals surface area contributed by atoms with Gasteiger partial charge in [-0.25, -0.2) is 8.78 Å². The molecule has 0 radical (unpaired) electrons. The lowest BCUT2D eigenvalue weighted by atomic mass is 9.95. The number of anilines is 1. The third-order valence-corrected chi connectivity index (χ3v) is 3.82. The van der Waals surface area contributed by atoms with Crippen LogP contribution >= 0.6 is 11.6 Å². The van der Waals surface area contributed by atoms with Gasteiger partial charge in [-0.15, -0.1) is 0 Å². The van der Waals surface area contributed by atoms with Crippen molar-refractivity contribution >= 4 is 17.3 Å². The predicted octanol–water partition coefficient (Wildman–Crippen LogP) is 2.80. The first kappa shape index (κ1) is 11.2. The topological polar surface area (TPSA) is 15.8 Å². The number of hydrogen-bond acceptors (Lipinski definition) is 2. The van der Waals surface area contributed by atoms with Gasteiger partial charge in [-0.05, 0) is 24.6 Å². The molecular formula is C12H12ClF2NO. The van der Waals surface area contributed by atoms with E-state index in [1.165, 1.54) is 12.1 Å². The average Bonchev–Trinajstić information content (AvgIpc) is 3.04. The van der Waals surface area contributed by atoms with Gasteiger partial charge < -0.3 is 9.64 Å². The van der Waals surface area contributed by atoms with Crippen molar-refractivity contribution in [1.82, 2.24) is 0 Å². The molecule has 2 aliphatic heterocycles. The van der Waals surface area contributed by atoms with Crippen LogP contribution in [-0.2, 0) is 4.74 Å². The second-order valence-corrected chi connectivity index (χ2v) is 5.02. The van der Waals surface area contributed by atoms with E-state index in [1.54, 1.807) is 6.07 Å². The highest BCUT2D eigenvalue weighted by atomic mass is 35.5. The molecule has 2 unspecified atom stereocenters. The van der Waals surface area contributed by atoms with Crippen molar-refractivity contribution in [3.8, 4) is 0 Å². The van der Waals surface area contributed by atoms with Gasteiger partial charge in [0, 0.05) is 6.54 Å². The Morgan fingerprint density at radius 1 is 1.47 bits per heavy atom. The standard InChI is InChI=1S/C12H12ClF2NO/c13-9-5-8(14)1-2-10(9)16-4-3-12(7-17-12)11(15)6-16/h1-2,5,11H,3-4,6-7H2. The Morgan fingerprint density at radius 3 is 2.82 bits per heavy atom. The summed E-state index contributed by atoms with van der Waals surface area (Å²) < 4.78 is 32.0. The lowest BCUT2D eigenvalue weighted by molar-refractivity contribution is 0.138. The van der Waals surface area contributed by atoms with Crippen molar-refractivity contribution in [1.29, 1.82) is 0 Å². The van der Waals surface area contributed by atoms with Crippen LogP contribution in [0.15, 0.2) is 18.2 Å². The summed E-state index contributed by atoms with van der Waals surface area (Å²) in [5, 5.41) is 0.324. The number of alkyl halides is 1. The largest absolute Gasteiger partial charge is 0.367 e. The van der Waals surface area contributed by atoms with E-state index in [1.807, 2.05) is 4.90 Å². The molecule has 0 aliphatic carbocycles. The van der Waals surface area contributed by atoms with Gasteiger partial charge >= 0.3 is 0 Å². The molecule has 0 bridgehead atoms. The Kier molecular flexibility index (Phi) is 2.52.